The number of guanidine groups is 1. The van der Waals surface area contributed by atoms with Crippen molar-refractivity contribution in [1.29, 1.82) is 5.41 Å². The van der Waals surface area contributed by atoms with Crippen molar-refractivity contribution in [3.8, 4) is 0 Å². The molecule has 0 atom stereocenters. The van der Waals surface area contributed by atoms with Crippen LogP contribution in [-0.2, 0) is 9.59 Å². The van der Waals surface area contributed by atoms with Gasteiger partial charge in [-0.1, -0.05) is 70.4 Å². The maximum Gasteiger partial charge on any atom is 0.226 e. The number of carbonyl (C=O) groups is 2. The molecule has 0 radical (unpaired) electrons. The van der Waals surface area contributed by atoms with E-state index in [0.717, 1.165) is 32.1 Å². The normalized spacial score (nSPS) is 13.0. The van der Waals surface area contributed by atoms with Crippen LogP contribution >= 0.6 is 0 Å². The molecule has 0 rings (SSSR count). The molecular weight excluding hydrogens is 350 g/mol. The highest BCUT2D eigenvalue weighted by Crippen LogP contribution is 2.10. The van der Waals surface area contributed by atoms with Gasteiger partial charge >= 0.3 is 0 Å². The van der Waals surface area contributed by atoms with Gasteiger partial charge in [-0.05, 0) is 39.0 Å². The summed E-state index contributed by atoms with van der Waals surface area (Å²) in [6.45, 7) is 0.422. The van der Waals surface area contributed by atoms with E-state index in [1.807, 2.05) is 0 Å². The SMILES string of the molecule is [2H]C([2H])([2H])N(CC(C)=O)C(=N)NC(=O)CCCCCCC/C=C\CCCCCCCC. The molecule has 0 aromatic rings. The standard InChI is InChI=1S/C23H43N3O2/c1-4-5-6-7-8-9-10-11-12-13-14-15-16-17-18-19-22(28)25-23(24)26(3)20-21(2)27/h11-12H,4-10,13-20H2,1-3H3,(H2,24,25,28)/b12-11-/i3D3. The van der Waals surface area contributed by atoms with Crippen molar-refractivity contribution >= 4 is 17.6 Å². The van der Waals surface area contributed by atoms with Crippen LogP contribution in [0.15, 0.2) is 12.2 Å². The third-order valence-electron chi connectivity index (χ3n) is 4.57. The molecular formula is C23H43N3O2. The molecule has 0 aromatic carbocycles. The van der Waals surface area contributed by atoms with Crippen molar-refractivity contribution < 1.29 is 13.7 Å². The van der Waals surface area contributed by atoms with Crippen LogP contribution in [0.5, 0.6) is 0 Å². The zero-order chi connectivity index (χ0) is 23.5. The Balaban J connectivity index is 3.74. The second-order valence-corrected chi connectivity index (χ2v) is 7.52. The zero-order valence-electron chi connectivity index (χ0n) is 21.0. The topological polar surface area (TPSA) is 73.3 Å². The molecule has 0 fully saturated rings. The number of allylic oxidation sites excluding steroid dienone is 2. The first kappa shape index (κ1) is 21.1. The fourth-order valence-electron chi connectivity index (χ4n) is 2.92. The number of rotatable bonds is 17. The summed E-state index contributed by atoms with van der Waals surface area (Å²) in [5.74, 6) is -1.32. The van der Waals surface area contributed by atoms with E-state index in [9.17, 15) is 9.59 Å². The van der Waals surface area contributed by atoms with Crippen LogP contribution in [0.2, 0.25) is 0 Å². The first-order valence-electron chi connectivity index (χ1n) is 12.5. The van der Waals surface area contributed by atoms with Gasteiger partial charge in [0, 0.05) is 17.5 Å². The molecule has 0 unspecified atom stereocenters. The highest BCUT2D eigenvalue weighted by molar-refractivity contribution is 5.96. The summed E-state index contributed by atoms with van der Waals surface area (Å²) < 4.78 is 22.2. The fraction of sp³-hybridized carbons (Fsp3) is 0.783. The van der Waals surface area contributed by atoms with E-state index >= 15 is 0 Å². The number of hydrogen-bond acceptors (Lipinski definition) is 3. The third kappa shape index (κ3) is 17.7. The number of likely N-dealkylation sites (N-methyl/N-ethyl adjacent to an activating group) is 1. The molecule has 0 aliphatic rings. The summed E-state index contributed by atoms with van der Waals surface area (Å²) in [4.78, 5) is 23.8. The smallest absolute Gasteiger partial charge is 0.226 e. The summed E-state index contributed by atoms with van der Waals surface area (Å²) >= 11 is 0. The lowest BCUT2D eigenvalue weighted by molar-refractivity contribution is -0.120. The molecule has 0 saturated carbocycles. The Bertz CT molecular complexity index is 549. The van der Waals surface area contributed by atoms with Gasteiger partial charge < -0.3 is 4.90 Å². The van der Waals surface area contributed by atoms with E-state index in [0.29, 0.717) is 11.3 Å². The van der Waals surface area contributed by atoms with Gasteiger partial charge in [0.1, 0.15) is 5.78 Å². The van der Waals surface area contributed by atoms with Crippen molar-refractivity contribution in [3.05, 3.63) is 12.2 Å². The van der Waals surface area contributed by atoms with Crippen molar-refractivity contribution in [2.24, 2.45) is 0 Å². The highest BCUT2D eigenvalue weighted by Gasteiger charge is 2.10. The monoisotopic (exact) mass is 396 g/mol. The first-order chi connectivity index (χ1) is 14.7. The number of carbonyl (C=O) groups excluding carboxylic acids is 2. The number of hydrogen-bond donors (Lipinski definition) is 2. The minimum atomic E-state index is -2.64. The summed E-state index contributed by atoms with van der Waals surface area (Å²) in [5, 5.41) is 10.1. The lowest BCUT2D eigenvalue weighted by Crippen LogP contribution is -2.43. The Morgan fingerprint density at radius 1 is 0.929 bits per heavy atom. The Kier molecular flexibility index (Phi) is 14.1. The molecule has 2 N–H and O–H groups in total. The van der Waals surface area contributed by atoms with Gasteiger partial charge in [0.05, 0.1) is 6.54 Å². The molecule has 28 heavy (non-hydrogen) atoms. The van der Waals surface area contributed by atoms with Crippen LogP contribution < -0.4 is 5.32 Å². The number of nitrogens with one attached hydrogen (secondary N) is 2. The van der Waals surface area contributed by atoms with Gasteiger partial charge in [0.2, 0.25) is 5.91 Å². The van der Waals surface area contributed by atoms with Gasteiger partial charge in [-0.15, -0.1) is 0 Å². The van der Waals surface area contributed by atoms with Crippen LogP contribution in [0.1, 0.15) is 108 Å². The molecule has 0 bridgehead atoms. The Hall–Kier alpha value is -1.65. The summed E-state index contributed by atoms with van der Waals surface area (Å²) in [6, 6.07) is 0. The van der Waals surface area contributed by atoms with Gasteiger partial charge in [-0.25, -0.2) is 0 Å². The Morgan fingerprint density at radius 3 is 2.00 bits per heavy atom. The molecule has 0 saturated heterocycles. The third-order valence-corrected chi connectivity index (χ3v) is 4.57. The average Bonchev–Trinajstić information content (AvgIpc) is 2.68. The van der Waals surface area contributed by atoms with Gasteiger partial charge in [-0.2, -0.15) is 0 Å². The second-order valence-electron chi connectivity index (χ2n) is 7.52. The van der Waals surface area contributed by atoms with E-state index in [-0.39, 0.29) is 18.1 Å². The average molecular weight is 397 g/mol. The molecule has 162 valence electrons. The van der Waals surface area contributed by atoms with Crippen LogP contribution in [-0.4, -0.2) is 36.1 Å². The van der Waals surface area contributed by atoms with Crippen LogP contribution in [0.3, 0.4) is 0 Å². The maximum absolute atomic E-state index is 11.9. The number of ketones is 1. The quantitative estimate of drug-likeness (QED) is 0.145. The van der Waals surface area contributed by atoms with Crippen molar-refractivity contribution in [2.45, 2.75) is 104 Å². The van der Waals surface area contributed by atoms with Gasteiger partial charge in [-0.3, -0.25) is 20.3 Å². The maximum atomic E-state index is 11.9. The first-order valence-corrected chi connectivity index (χ1v) is 11.0. The molecule has 0 heterocycles. The molecule has 1 amide bonds. The molecule has 5 heteroatoms. The molecule has 0 aromatic heterocycles. The van der Waals surface area contributed by atoms with Crippen molar-refractivity contribution in [3.63, 3.8) is 0 Å². The van der Waals surface area contributed by atoms with Crippen LogP contribution in [0.4, 0.5) is 0 Å². The highest BCUT2D eigenvalue weighted by atomic mass is 16.2. The van der Waals surface area contributed by atoms with Gasteiger partial charge in [0.15, 0.2) is 5.96 Å². The number of unbranched alkanes of at least 4 members (excludes halogenated alkanes) is 11. The number of nitrogens with zero attached hydrogens (tertiary/aromatic N) is 1. The number of Topliss-reactive ketones (excluding diaryl/α,β-unsaturated/α-hetero) is 1. The van der Waals surface area contributed by atoms with Crippen LogP contribution in [0.25, 0.3) is 0 Å². The molecule has 0 aliphatic heterocycles. The predicted molar refractivity (Wildman–Crippen MR) is 119 cm³/mol. The van der Waals surface area contributed by atoms with E-state index in [4.69, 9.17) is 9.52 Å². The number of amides is 1. The molecule has 0 aliphatic carbocycles. The van der Waals surface area contributed by atoms with Crippen molar-refractivity contribution in [2.75, 3.05) is 13.5 Å². The zero-order valence-corrected chi connectivity index (χ0v) is 18.0. The lowest BCUT2D eigenvalue weighted by Gasteiger charge is -2.18. The minimum Gasteiger partial charge on any atom is -0.339 e. The summed E-state index contributed by atoms with van der Waals surface area (Å²) in [5.41, 5.74) is 0. The van der Waals surface area contributed by atoms with Crippen molar-refractivity contribution in [1.82, 2.24) is 10.2 Å². The fourth-order valence-corrected chi connectivity index (χ4v) is 2.92. The van der Waals surface area contributed by atoms with Gasteiger partial charge in [0.25, 0.3) is 0 Å². The van der Waals surface area contributed by atoms with Crippen LogP contribution in [0, 0.1) is 5.41 Å². The largest absolute Gasteiger partial charge is 0.339 e. The lowest BCUT2D eigenvalue weighted by atomic mass is 10.1. The van der Waals surface area contributed by atoms with E-state index in [1.165, 1.54) is 51.9 Å². The second kappa shape index (κ2) is 18.7. The minimum absolute atomic E-state index is 0.245. The van der Waals surface area contributed by atoms with E-state index < -0.39 is 19.5 Å². The molecule has 5 nitrogen and oxygen atoms in total. The Morgan fingerprint density at radius 2 is 1.46 bits per heavy atom. The summed E-state index contributed by atoms with van der Waals surface area (Å²) in [6.07, 6.45) is 20.1. The molecule has 0 spiro atoms. The van der Waals surface area contributed by atoms with E-state index in [1.54, 1.807) is 0 Å². The predicted octanol–water partition coefficient (Wildman–Crippen LogP) is 5.60. The summed E-state index contributed by atoms with van der Waals surface area (Å²) in [7, 11) is 0. The van der Waals surface area contributed by atoms with E-state index in [2.05, 4.69) is 24.4 Å². The Labute approximate surface area is 177 Å².